The number of ketones is 1. The van der Waals surface area contributed by atoms with Crippen LogP contribution in [0.15, 0.2) is 0 Å². The van der Waals surface area contributed by atoms with E-state index in [1.54, 1.807) is 20.8 Å². The van der Waals surface area contributed by atoms with Gasteiger partial charge in [-0.05, 0) is 43.1 Å². The second-order valence-corrected chi connectivity index (χ2v) is 9.42. The van der Waals surface area contributed by atoms with Gasteiger partial charge in [-0.2, -0.15) is 0 Å². The normalized spacial score (nSPS) is 13.4. The molecule has 0 aromatic rings. The van der Waals surface area contributed by atoms with Crippen LogP contribution in [0.1, 0.15) is 53.4 Å². The van der Waals surface area contributed by atoms with Gasteiger partial charge >= 0.3 is 6.09 Å². The summed E-state index contributed by atoms with van der Waals surface area (Å²) >= 11 is 0. The summed E-state index contributed by atoms with van der Waals surface area (Å²) in [6.07, 6.45) is 5.08. The van der Waals surface area contributed by atoms with Gasteiger partial charge in [0.15, 0.2) is 5.78 Å². The molecule has 0 saturated carbocycles. The van der Waals surface area contributed by atoms with E-state index in [2.05, 4.69) is 5.32 Å². The maximum absolute atomic E-state index is 11.7. The Morgan fingerprint density at radius 1 is 1.24 bits per heavy atom. The number of Topliss-reactive ketones (excluding diaryl/α,β-unsaturated/α-hetero) is 1. The van der Waals surface area contributed by atoms with Gasteiger partial charge in [0.1, 0.15) is 5.60 Å². The number of rotatable bonds is 7. The van der Waals surface area contributed by atoms with Gasteiger partial charge in [0.05, 0.1) is 0 Å². The highest BCUT2D eigenvalue weighted by molar-refractivity contribution is 8.01. The van der Waals surface area contributed by atoms with Crippen molar-refractivity contribution in [2.75, 3.05) is 12.5 Å². The van der Waals surface area contributed by atoms with E-state index in [1.807, 2.05) is 6.92 Å². The lowest BCUT2D eigenvalue weighted by Crippen LogP contribution is -2.39. The third kappa shape index (κ3) is 12.4. The lowest BCUT2D eigenvalue weighted by atomic mass is 10.1. The Morgan fingerprint density at radius 2 is 1.81 bits per heavy atom. The van der Waals surface area contributed by atoms with Crippen LogP contribution in [-0.4, -0.2) is 45.6 Å². The van der Waals surface area contributed by atoms with Gasteiger partial charge in [-0.25, -0.2) is 4.79 Å². The smallest absolute Gasteiger partial charge is 0.407 e. The number of alkyl carbamates (subject to hydrolysis) is 1. The fourth-order valence-electron chi connectivity index (χ4n) is 1.80. The zero-order chi connectivity index (χ0) is 16.7. The molecule has 0 unspecified atom stereocenters. The molecule has 0 spiro atoms. The van der Waals surface area contributed by atoms with E-state index in [1.165, 1.54) is 17.9 Å². The Hall–Kier alpha value is -1.04. The molecular formula is C15H29NO4S. The standard InChI is InChI=1S/C15H29NO4S/c1-7-8-12(16-14(18)20-15(2,3)4)9-10-13(17)11-21(5,6)19/h11-12H,7-10H2,1-6H3,(H,16,18)/t12-/m0/s1. The number of carbonyl (C=O) groups is 2. The van der Waals surface area contributed by atoms with Crippen LogP contribution >= 0.6 is 0 Å². The van der Waals surface area contributed by atoms with Crippen LogP contribution in [0.25, 0.3) is 0 Å². The molecule has 6 heteroatoms. The van der Waals surface area contributed by atoms with Crippen molar-refractivity contribution < 1.29 is 18.5 Å². The summed E-state index contributed by atoms with van der Waals surface area (Å²) in [5.74, 6) is -0.142. The molecule has 0 radical (unpaired) electrons. The number of nitrogens with one attached hydrogen (secondary N) is 1. The molecule has 0 aliphatic rings. The third-order valence-corrected chi connectivity index (χ3v) is 3.34. The second-order valence-electron chi connectivity index (χ2n) is 6.56. The molecule has 5 nitrogen and oxygen atoms in total. The first kappa shape index (κ1) is 20.0. The van der Waals surface area contributed by atoms with Gasteiger partial charge in [-0.3, -0.25) is 9.00 Å². The molecule has 0 aromatic heterocycles. The summed E-state index contributed by atoms with van der Waals surface area (Å²) in [5, 5.41) is 4.08. The van der Waals surface area contributed by atoms with Gasteiger partial charge in [0, 0.05) is 30.3 Å². The molecule has 0 aromatic carbocycles. The van der Waals surface area contributed by atoms with Crippen LogP contribution in [0, 0.1) is 0 Å². The molecule has 1 N–H and O–H groups in total. The number of ether oxygens (including phenoxy) is 1. The molecule has 1 amide bonds. The third-order valence-electron chi connectivity index (χ3n) is 2.51. The summed E-state index contributed by atoms with van der Waals surface area (Å²) in [5.41, 5.74) is -0.541. The van der Waals surface area contributed by atoms with Crippen molar-refractivity contribution in [2.24, 2.45) is 0 Å². The van der Waals surface area contributed by atoms with Crippen molar-refractivity contribution >= 4 is 26.8 Å². The van der Waals surface area contributed by atoms with E-state index < -0.39 is 21.2 Å². The zero-order valence-corrected chi connectivity index (χ0v) is 14.8. The topological polar surface area (TPSA) is 72.5 Å². The average molecular weight is 319 g/mol. The molecule has 1 atom stereocenters. The van der Waals surface area contributed by atoms with E-state index in [0.29, 0.717) is 6.42 Å². The minimum atomic E-state index is -2.17. The summed E-state index contributed by atoms with van der Waals surface area (Å²) in [4.78, 5) is 23.4. The molecule has 0 aliphatic heterocycles. The van der Waals surface area contributed by atoms with Gasteiger partial charge in [0.25, 0.3) is 0 Å². The SMILES string of the molecule is CCC[C@@H](CCC(=O)C=S(C)(C)=O)NC(=O)OC(C)(C)C. The van der Waals surface area contributed by atoms with Crippen LogP contribution in [-0.2, 0) is 19.1 Å². The van der Waals surface area contributed by atoms with Crippen LogP contribution in [0.2, 0.25) is 0 Å². The molecule has 0 bridgehead atoms. The summed E-state index contributed by atoms with van der Waals surface area (Å²) in [6, 6.07) is -0.105. The van der Waals surface area contributed by atoms with E-state index in [-0.39, 0.29) is 18.2 Å². The highest BCUT2D eigenvalue weighted by atomic mass is 32.2. The highest BCUT2D eigenvalue weighted by Gasteiger charge is 2.19. The Morgan fingerprint density at radius 3 is 2.24 bits per heavy atom. The number of carbonyl (C=O) groups excluding carboxylic acids is 2. The molecule has 124 valence electrons. The van der Waals surface area contributed by atoms with E-state index in [4.69, 9.17) is 4.74 Å². The zero-order valence-electron chi connectivity index (χ0n) is 14.0. The predicted octanol–water partition coefficient (Wildman–Crippen LogP) is 2.38. The van der Waals surface area contributed by atoms with E-state index >= 15 is 0 Å². The Labute approximate surface area is 128 Å². The summed E-state index contributed by atoms with van der Waals surface area (Å²) in [7, 11) is -2.17. The summed E-state index contributed by atoms with van der Waals surface area (Å²) in [6.45, 7) is 7.43. The van der Waals surface area contributed by atoms with Crippen molar-refractivity contribution in [3.8, 4) is 0 Å². The van der Waals surface area contributed by atoms with Crippen LogP contribution in [0.3, 0.4) is 0 Å². The fraction of sp³-hybridized carbons (Fsp3) is 0.800. The second kappa shape index (κ2) is 8.41. The van der Waals surface area contributed by atoms with Crippen molar-refractivity contribution in [1.29, 1.82) is 0 Å². The lowest BCUT2D eigenvalue weighted by molar-refractivity contribution is -0.112. The maximum atomic E-state index is 11.7. The summed E-state index contributed by atoms with van der Waals surface area (Å²) < 4.78 is 16.7. The minimum absolute atomic E-state index is 0.105. The van der Waals surface area contributed by atoms with Crippen LogP contribution < -0.4 is 5.32 Å². The van der Waals surface area contributed by atoms with Crippen LogP contribution in [0.4, 0.5) is 4.79 Å². The first-order valence-corrected chi connectivity index (χ1v) is 9.68. The first-order valence-electron chi connectivity index (χ1n) is 7.24. The lowest BCUT2D eigenvalue weighted by Gasteiger charge is -2.23. The maximum Gasteiger partial charge on any atom is 0.407 e. The number of amides is 1. The molecule has 0 aliphatic carbocycles. The van der Waals surface area contributed by atoms with Crippen molar-refractivity contribution in [3.63, 3.8) is 0 Å². The fourth-order valence-corrected chi connectivity index (χ4v) is 2.55. The van der Waals surface area contributed by atoms with Gasteiger partial charge in [-0.1, -0.05) is 13.3 Å². The first-order chi connectivity index (χ1) is 9.43. The van der Waals surface area contributed by atoms with Gasteiger partial charge < -0.3 is 10.1 Å². The molecule has 0 rings (SSSR count). The Kier molecular flexibility index (Phi) is 8.00. The van der Waals surface area contributed by atoms with Crippen molar-refractivity contribution in [3.05, 3.63) is 0 Å². The number of hydrogen-bond acceptors (Lipinski definition) is 4. The largest absolute Gasteiger partial charge is 0.444 e. The minimum Gasteiger partial charge on any atom is -0.444 e. The van der Waals surface area contributed by atoms with Crippen molar-refractivity contribution in [2.45, 2.75) is 65.0 Å². The molecule has 21 heavy (non-hydrogen) atoms. The quantitative estimate of drug-likeness (QED) is 0.731. The van der Waals surface area contributed by atoms with E-state index in [0.717, 1.165) is 12.8 Å². The Bertz CT molecular complexity index is 463. The highest BCUT2D eigenvalue weighted by Crippen LogP contribution is 2.10. The Balaban J connectivity index is 4.47. The van der Waals surface area contributed by atoms with Crippen LogP contribution in [0.5, 0.6) is 0 Å². The average Bonchev–Trinajstić information content (AvgIpc) is 2.21. The van der Waals surface area contributed by atoms with Gasteiger partial charge in [0.2, 0.25) is 0 Å². The molecule has 0 fully saturated rings. The predicted molar refractivity (Wildman–Crippen MR) is 88.4 cm³/mol. The molecular weight excluding hydrogens is 290 g/mol. The molecule has 0 heterocycles. The van der Waals surface area contributed by atoms with Crippen molar-refractivity contribution in [1.82, 2.24) is 5.32 Å². The van der Waals surface area contributed by atoms with E-state index in [9.17, 15) is 13.8 Å². The van der Waals surface area contributed by atoms with Gasteiger partial charge in [-0.15, -0.1) is 0 Å². The molecule has 0 saturated heterocycles. The monoisotopic (exact) mass is 319 g/mol. The number of hydrogen-bond donors (Lipinski definition) is 1.